The summed E-state index contributed by atoms with van der Waals surface area (Å²) < 4.78 is 0. The third-order valence-corrected chi connectivity index (χ3v) is 2.49. The molecule has 0 saturated heterocycles. The Morgan fingerprint density at radius 1 is 1.10 bits per heavy atom. The van der Waals surface area contributed by atoms with E-state index >= 15 is 0 Å². The van der Waals surface area contributed by atoms with Crippen molar-refractivity contribution < 1.29 is 4.79 Å². The lowest BCUT2D eigenvalue weighted by molar-refractivity contribution is -0.114. The number of nitrogens with zero attached hydrogens (tertiary/aromatic N) is 1. The van der Waals surface area contributed by atoms with Crippen LogP contribution in [-0.4, -0.2) is 17.4 Å². The molecule has 0 radical (unpaired) electrons. The summed E-state index contributed by atoms with van der Waals surface area (Å²) in [5.74, 6) is 0.312. The van der Waals surface area contributed by atoms with E-state index in [4.69, 9.17) is 11.5 Å². The van der Waals surface area contributed by atoms with Crippen LogP contribution in [0.15, 0.2) is 42.5 Å². The Kier molecular flexibility index (Phi) is 4.35. The Labute approximate surface area is 116 Å². The van der Waals surface area contributed by atoms with Crippen LogP contribution in [0.1, 0.15) is 0 Å². The summed E-state index contributed by atoms with van der Waals surface area (Å²) in [5.41, 5.74) is 18.5. The highest BCUT2D eigenvalue weighted by atomic mass is 16.1. The number of aromatic nitrogens is 1. The predicted molar refractivity (Wildman–Crippen MR) is 80.0 cm³/mol. The quantitative estimate of drug-likeness (QED) is 0.518. The van der Waals surface area contributed by atoms with Crippen molar-refractivity contribution in [1.29, 1.82) is 0 Å². The van der Waals surface area contributed by atoms with Crippen LogP contribution in [0, 0.1) is 0 Å². The van der Waals surface area contributed by atoms with E-state index in [0.29, 0.717) is 11.5 Å². The average molecular weight is 272 g/mol. The molecule has 0 aliphatic rings. The van der Waals surface area contributed by atoms with Crippen LogP contribution < -0.4 is 27.6 Å². The van der Waals surface area contributed by atoms with Crippen LogP contribution in [0.25, 0.3) is 0 Å². The molecule has 1 aromatic heterocycles. The first-order valence-corrected chi connectivity index (χ1v) is 6.02. The third-order valence-electron chi connectivity index (χ3n) is 2.49. The van der Waals surface area contributed by atoms with Gasteiger partial charge in [0.15, 0.2) is 5.82 Å². The molecule has 0 atom stereocenters. The van der Waals surface area contributed by atoms with E-state index in [1.807, 2.05) is 30.3 Å². The van der Waals surface area contributed by atoms with Crippen molar-refractivity contribution in [3.8, 4) is 0 Å². The standard InChI is InChI=1S/C13H16N6O/c14-8-12(20)16-11-7-6-10(13(15)17-11)19-18-9-4-2-1-3-5-9/h1-7,18-19H,8,14H2,(H3,15,16,17,20). The van der Waals surface area contributed by atoms with E-state index in [-0.39, 0.29) is 18.3 Å². The second kappa shape index (κ2) is 6.39. The molecular weight excluding hydrogens is 256 g/mol. The topological polar surface area (TPSA) is 118 Å². The van der Waals surface area contributed by atoms with Gasteiger partial charge in [-0.2, -0.15) is 0 Å². The lowest BCUT2D eigenvalue weighted by atomic mass is 10.3. The first-order chi connectivity index (χ1) is 9.69. The molecule has 7 N–H and O–H groups in total. The summed E-state index contributed by atoms with van der Waals surface area (Å²) in [6, 6.07) is 12.9. The highest BCUT2D eigenvalue weighted by Gasteiger charge is 2.04. The molecule has 0 spiro atoms. The maximum Gasteiger partial charge on any atom is 0.239 e. The van der Waals surface area contributed by atoms with Crippen LogP contribution in [0.4, 0.5) is 23.0 Å². The molecule has 1 heterocycles. The lowest BCUT2D eigenvalue weighted by Crippen LogP contribution is -2.22. The Hall–Kier alpha value is -2.80. The summed E-state index contributed by atoms with van der Waals surface area (Å²) in [5, 5.41) is 2.53. The lowest BCUT2D eigenvalue weighted by Gasteiger charge is -2.12. The third kappa shape index (κ3) is 3.59. The van der Waals surface area contributed by atoms with E-state index < -0.39 is 0 Å². The van der Waals surface area contributed by atoms with Gasteiger partial charge in [-0.3, -0.25) is 10.2 Å². The Morgan fingerprint density at radius 3 is 2.50 bits per heavy atom. The van der Waals surface area contributed by atoms with Crippen molar-refractivity contribution in [2.45, 2.75) is 0 Å². The summed E-state index contributed by atoms with van der Waals surface area (Å²) in [4.78, 5) is 15.2. The van der Waals surface area contributed by atoms with Crippen molar-refractivity contribution in [1.82, 2.24) is 4.98 Å². The molecule has 0 aliphatic carbocycles. The number of nitrogens with one attached hydrogen (secondary N) is 3. The predicted octanol–water partition coefficient (Wildman–Crippen LogP) is 1.000. The largest absolute Gasteiger partial charge is 0.382 e. The van der Waals surface area contributed by atoms with Crippen LogP contribution in [0.3, 0.4) is 0 Å². The summed E-state index contributed by atoms with van der Waals surface area (Å²) in [7, 11) is 0. The molecule has 0 fully saturated rings. The van der Waals surface area contributed by atoms with E-state index in [2.05, 4.69) is 21.2 Å². The number of carbonyl (C=O) groups is 1. The minimum absolute atomic E-state index is 0.100. The maximum atomic E-state index is 11.1. The molecule has 2 aromatic rings. The number of rotatable bonds is 5. The molecule has 7 heteroatoms. The summed E-state index contributed by atoms with van der Waals surface area (Å²) in [6.07, 6.45) is 0. The average Bonchev–Trinajstić information content (AvgIpc) is 2.47. The zero-order chi connectivity index (χ0) is 14.4. The second-order valence-corrected chi connectivity index (χ2v) is 4.00. The number of hydrazine groups is 1. The van der Waals surface area contributed by atoms with Gasteiger partial charge in [-0.05, 0) is 24.3 Å². The number of para-hydroxylation sites is 1. The molecule has 20 heavy (non-hydrogen) atoms. The van der Waals surface area contributed by atoms with Crippen molar-refractivity contribution in [3.05, 3.63) is 42.5 Å². The fraction of sp³-hybridized carbons (Fsp3) is 0.0769. The van der Waals surface area contributed by atoms with Gasteiger partial charge in [-0.15, -0.1) is 0 Å². The number of nitrogens with two attached hydrogens (primary N) is 2. The normalized spacial score (nSPS) is 9.85. The van der Waals surface area contributed by atoms with Gasteiger partial charge in [0.1, 0.15) is 5.82 Å². The van der Waals surface area contributed by atoms with Crippen LogP contribution in [0.5, 0.6) is 0 Å². The SMILES string of the molecule is NCC(=O)Nc1ccc(NNc2ccccc2)c(N)n1. The van der Waals surface area contributed by atoms with Gasteiger partial charge in [-0.1, -0.05) is 18.2 Å². The Balaban J connectivity index is 2.01. The minimum atomic E-state index is -0.319. The molecule has 0 bridgehead atoms. The molecule has 1 amide bonds. The zero-order valence-electron chi connectivity index (χ0n) is 10.8. The molecule has 0 aliphatic heterocycles. The van der Waals surface area contributed by atoms with E-state index in [0.717, 1.165) is 5.69 Å². The first-order valence-electron chi connectivity index (χ1n) is 6.02. The van der Waals surface area contributed by atoms with Gasteiger partial charge < -0.3 is 22.2 Å². The van der Waals surface area contributed by atoms with Crippen molar-refractivity contribution in [2.75, 3.05) is 28.4 Å². The summed E-state index contributed by atoms with van der Waals surface area (Å²) >= 11 is 0. The number of benzene rings is 1. The monoisotopic (exact) mass is 272 g/mol. The van der Waals surface area contributed by atoms with Crippen molar-refractivity contribution in [2.24, 2.45) is 5.73 Å². The molecule has 7 nitrogen and oxygen atoms in total. The molecule has 2 rings (SSSR count). The molecule has 0 saturated carbocycles. The molecule has 0 unspecified atom stereocenters. The maximum absolute atomic E-state index is 11.1. The molecular formula is C13H16N6O. The van der Waals surface area contributed by atoms with Crippen molar-refractivity contribution >= 4 is 28.9 Å². The van der Waals surface area contributed by atoms with Crippen LogP contribution in [-0.2, 0) is 4.79 Å². The summed E-state index contributed by atoms with van der Waals surface area (Å²) in [6.45, 7) is -0.100. The van der Waals surface area contributed by atoms with Gasteiger partial charge in [0.2, 0.25) is 5.91 Å². The highest BCUT2D eigenvalue weighted by molar-refractivity contribution is 5.91. The van der Waals surface area contributed by atoms with Gasteiger partial charge in [-0.25, -0.2) is 4.98 Å². The van der Waals surface area contributed by atoms with Crippen LogP contribution >= 0.6 is 0 Å². The van der Waals surface area contributed by atoms with Gasteiger partial charge in [0, 0.05) is 0 Å². The van der Waals surface area contributed by atoms with Gasteiger partial charge >= 0.3 is 0 Å². The van der Waals surface area contributed by atoms with Gasteiger partial charge in [0.25, 0.3) is 0 Å². The number of hydrogen-bond donors (Lipinski definition) is 5. The molecule has 1 aromatic carbocycles. The zero-order valence-corrected chi connectivity index (χ0v) is 10.8. The fourth-order valence-electron chi connectivity index (χ4n) is 1.51. The van der Waals surface area contributed by atoms with Crippen LogP contribution in [0.2, 0.25) is 0 Å². The minimum Gasteiger partial charge on any atom is -0.382 e. The number of nitrogen functional groups attached to an aromatic ring is 1. The Morgan fingerprint density at radius 2 is 1.85 bits per heavy atom. The molecule has 104 valence electrons. The van der Waals surface area contributed by atoms with E-state index in [1.165, 1.54) is 0 Å². The van der Waals surface area contributed by atoms with Gasteiger partial charge in [0.05, 0.1) is 17.9 Å². The highest BCUT2D eigenvalue weighted by Crippen LogP contribution is 2.19. The van der Waals surface area contributed by atoms with E-state index in [1.54, 1.807) is 12.1 Å². The second-order valence-electron chi connectivity index (χ2n) is 4.00. The number of hydrogen-bond acceptors (Lipinski definition) is 6. The fourth-order valence-corrected chi connectivity index (χ4v) is 1.51. The number of anilines is 4. The van der Waals surface area contributed by atoms with Crippen molar-refractivity contribution in [3.63, 3.8) is 0 Å². The smallest absolute Gasteiger partial charge is 0.239 e. The number of amides is 1. The number of pyridine rings is 1. The number of carbonyl (C=O) groups excluding carboxylic acids is 1. The Bertz CT molecular complexity index is 587. The first kappa shape index (κ1) is 13.6. The van der Waals surface area contributed by atoms with E-state index in [9.17, 15) is 4.79 Å².